The maximum atomic E-state index is 8.07. The summed E-state index contributed by atoms with van der Waals surface area (Å²) in [6, 6.07) is 1.89. The van der Waals surface area contributed by atoms with Crippen LogP contribution in [0.1, 0.15) is 13.3 Å². The first-order valence-corrected chi connectivity index (χ1v) is 3.22. The van der Waals surface area contributed by atoms with Crippen LogP contribution in [0.5, 0.6) is 0 Å². The summed E-state index contributed by atoms with van der Waals surface area (Å²) >= 11 is 0. The predicted molar refractivity (Wildman–Crippen MR) is 39.0 cm³/mol. The molecule has 0 rings (SSSR count). The summed E-state index contributed by atoms with van der Waals surface area (Å²) in [5.74, 6) is 2.83. The maximum Gasteiger partial charge on any atom is 0.133 e. The van der Waals surface area contributed by atoms with Crippen molar-refractivity contribution in [2.45, 2.75) is 13.3 Å². The number of hydrogen-bond donors (Lipinski definition) is 0. The molecule has 2 heteroatoms. The van der Waals surface area contributed by atoms with Crippen molar-refractivity contribution in [1.29, 1.82) is 5.26 Å². The summed E-state index contributed by atoms with van der Waals surface area (Å²) in [4.78, 5) is 0. The van der Waals surface area contributed by atoms with Gasteiger partial charge in [-0.3, -0.25) is 0 Å². The van der Waals surface area contributed by atoms with Crippen molar-refractivity contribution in [3.05, 3.63) is 0 Å². The number of ether oxygens (including phenoxy) is 1. The van der Waals surface area contributed by atoms with Crippen molar-refractivity contribution < 1.29 is 4.74 Å². The van der Waals surface area contributed by atoms with E-state index in [9.17, 15) is 0 Å². The van der Waals surface area contributed by atoms with Gasteiger partial charge in [-0.1, -0.05) is 6.92 Å². The van der Waals surface area contributed by atoms with E-state index in [1.165, 1.54) is 0 Å². The standard InChI is InChI=1S/C8H11NO/c1-3-8(2)4-6-10-7-5-9/h1,8H,4,6-7H2,2H3. The van der Waals surface area contributed by atoms with Crippen molar-refractivity contribution in [1.82, 2.24) is 0 Å². The molecule has 1 unspecified atom stereocenters. The average Bonchev–Trinajstić information content (AvgIpc) is 1.98. The molecule has 2 nitrogen and oxygen atoms in total. The van der Waals surface area contributed by atoms with Crippen LogP contribution in [0.2, 0.25) is 0 Å². The van der Waals surface area contributed by atoms with Gasteiger partial charge in [0.05, 0.1) is 6.07 Å². The first-order chi connectivity index (χ1) is 4.81. The molecule has 0 aliphatic heterocycles. The van der Waals surface area contributed by atoms with Crippen LogP contribution >= 0.6 is 0 Å². The van der Waals surface area contributed by atoms with E-state index < -0.39 is 0 Å². The molecule has 10 heavy (non-hydrogen) atoms. The zero-order chi connectivity index (χ0) is 7.82. The predicted octanol–water partition coefficient (Wildman–Crippen LogP) is 1.19. The summed E-state index contributed by atoms with van der Waals surface area (Å²) in [5.41, 5.74) is 0. The lowest BCUT2D eigenvalue weighted by Crippen LogP contribution is -1.99. The zero-order valence-electron chi connectivity index (χ0n) is 6.13. The Balaban J connectivity index is 3.07. The molecule has 0 aliphatic rings. The van der Waals surface area contributed by atoms with Crippen LogP contribution in [0.25, 0.3) is 0 Å². The monoisotopic (exact) mass is 137 g/mol. The van der Waals surface area contributed by atoms with Gasteiger partial charge in [-0.2, -0.15) is 5.26 Å². The van der Waals surface area contributed by atoms with Crippen molar-refractivity contribution in [2.24, 2.45) is 5.92 Å². The second kappa shape index (κ2) is 6.13. The molecule has 0 aromatic carbocycles. The topological polar surface area (TPSA) is 33.0 Å². The van der Waals surface area contributed by atoms with Crippen molar-refractivity contribution in [2.75, 3.05) is 13.2 Å². The van der Waals surface area contributed by atoms with E-state index >= 15 is 0 Å². The van der Waals surface area contributed by atoms with E-state index in [0.717, 1.165) is 6.42 Å². The maximum absolute atomic E-state index is 8.07. The van der Waals surface area contributed by atoms with E-state index in [-0.39, 0.29) is 12.5 Å². The molecule has 0 radical (unpaired) electrons. The van der Waals surface area contributed by atoms with Crippen LogP contribution < -0.4 is 0 Å². The normalized spacial score (nSPS) is 11.5. The minimum atomic E-state index is 0.164. The van der Waals surface area contributed by atoms with Crippen LogP contribution in [-0.4, -0.2) is 13.2 Å². The fourth-order valence-electron chi connectivity index (χ4n) is 0.461. The van der Waals surface area contributed by atoms with E-state index in [1.807, 2.05) is 13.0 Å². The summed E-state index contributed by atoms with van der Waals surface area (Å²) in [5, 5.41) is 8.07. The van der Waals surface area contributed by atoms with Gasteiger partial charge in [-0.15, -0.1) is 12.3 Å². The van der Waals surface area contributed by atoms with Gasteiger partial charge >= 0.3 is 0 Å². The third-order valence-electron chi connectivity index (χ3n) is 1.15. The van der Waals surface area contributed by atoms with E-state index in [1.54, 1.807) is 0 Å². The number of nitriles is 1. The number of rotatable bonds is 4. The highest BCUT2D eigenvalue weighted by Crippen LogP contribution is 1.98. The Kier molecular flexibility index (Phi) is 5.53. The molecule has 0 aromatic rings. The Hall–Kier alpha value is -0.990. The molecule has 0 saturated carbocycles. The summed E-state index contributed by atoms with van der Waals surface area (Å²) in [6.07, 6.45) is 5.95. The lowest BCUT2D eigenvalue weighted by molar-refractivity contribution is 0.157. The lowest BCUT2D eigenvalue weighted by Gasteiger charge is -2.01. The van der Waals surface area contributed by atoms with Crippen LogP contribution in [0, 0.1) is 29.6 Å². The summed E-state index contributed by atoms with van der Waals surface area (Å²) in [6.45, 7) is 2.70. The van der Waals surface area contributed by atoms with E-state index in [2.05, 4.69) is 5.92 Å². The van der Waals surface area contributed by atoms with E-state index in [0.29, 0.717) is 6.61 Å². The molecule has 0 amide bonds. The molecule has 0 spiro atoms. The van der Waals surface area contributed by atoms with Gasteiger partial charge < -0.3 is 4.74 Å². The van der Waals surface area contributed by atoms with Crippen LogP contribution in [0.3, 0.4) is 0 Å². The quantitative estimate of drug-likeness (QED) is 0.430. The van der Waals surface area contributed by atoms with Gasteiger partial charge in [0.25, 0.3) is 0 Å². The SMILES string of the molecule is C#CC(C)CCOCC#N. The molecule has 0 heterocycles. The Labute approximate surface area is 61.8 Å². The minimum Gasteiger partial charge on any atom is -0.366 e. The van der Waals surface area contributed by atoms with Crippen molar-refractivity contribution >= 4 is 0 Å². The lowest BCUT2D eigenvalue weighted by atomic mass is 10.1. The van der Waals surface area contributed by atoms with Gasteiger partial charge in [-0.05, 0) is 6.42 Å². The fraction of sp³-hybridized carbons (Fsp3) is 0.625. The molecule has 0 fully saturated rings. The molecule has 0 bridgehead atoms. The van der Waals surface area contributed by atoms with Gasteiger partial charge in [0.15, 0.2) is 0 Å². The highest BCUT2D eigenvalue weighted by molar-refractivity contribution is 4.89. The third kappa shape index (κ3) is 5.15. The van der Waals surface area contributed by atoms with Crippen LogP contribution in [-0.2, 0) is 4.74 Å². The molecular weight excluding hydrogens is 126 g/mol. The molecular formula is C8H11NO. The zero-order valence-corrected chi connectivity index (χ0v) is 6.13. The van der Waals surface area contributed by atoms with Gasteiger partial charge in [0.1, 0.15) is 6.61 Å². The van der Waals surface area contributed by atoms with E-state index in [4.69, 9.17) is 16.4 Å². The molecule has 54 valence electrons. The largest absolute Gasteiger partial charge is 0.366 e. The van der Waals surface area contributed by atoms with Gasteiger partial charge in [0, 0.05) is 12.5 Å². The average molecular weight is 137 g/mol. The summed E-state index contributed by atoms with van der Waals surface area (Å²) < 4.78 is 4.90. The Morgan fingerprint density at radius 3 is 2.90 bits per heavy atom. The first-order valence-electron chi connectivity index (χ1n) is 3.22. The Morgan fingerprint density at radius 1 is 1.70 bits per heavy atom. The second-order valence-corrected chi connectivity index (χ2v) is 2.07. The van der Waals surface area contributed by atoms with Gasteiger partial charge in [-0.25, -0.2) is 0 Å². The number of nitrogens with zero attached hydrogens (tertiary/aromatic N) is 1. The first kappa shape index (κ1) is 9.01. The molecule has 0 aliphatic carbocycles. The Bertz CT molecular complexity index is 152. The van der Waals surface area contributed by atoms with Crippen LogP contribution in [0.15, 0.2) is 0 Å². The highest BCUT2D eigenvalue weighted by Gasteiger charge is 1.94. The van der Waals surface area contributed by atoms with Crippen molar-refractivity contribution in [3.63, 3.8) is 0 Å². The number of hydrogen-bond acceptors (Lipinski definition) is 2. The van der Waals surface area contributed by atoms with Gasteiger partial charge in [0.2, 0.25) is 0 Å². The Morgan fingerprint density at radius 2 is 2.40 bits per heavy atom. The van der Waals surface area contributed by atoms with Crippen LogP contribution in [0.4, 0.5) is 0 Å². The van der Waals surface area contributed by atoms with Crippen molar-refractivity contribution in [3.8, 4) is 18.4 Å². The number of terminal acetylenes is 1. The molecule has 0 saturated heterocycles. The highest BCUT2D eigenvalue weighted by atomic mass is 16.5. The smallest absolute Gasteiger partial charge is 0.133 e. The molecule has 0 aromatic heterocycles. The second-order valence-electron chi connectivity index (χ2n) is 2.07. The third-order valence-corrected chi connectivity index (χ3v) is 1.15. The summed E-state index contributed by atoms with van der Waals surface area (Å²) in [7, 11) is 0. The minimum absolute atomic E-state index is 0.164. The molecule has 0 N–H and O–H groups in total. The molecule has 1 atom stereocenters. The fourth-order valence-corrected chi connectivity index (χ4v) is 0.461.